The highest BCUT2D eigenvalue weighted by Crippen LogP contribution is 2.63. The number of hydrogen-bond acceptors (Lipinski definition) is 3. The van der Waals surface area contributed by atoms with Crippen LogP contribution in [-0.4, -0.2) is 35.0 Å². The Morgan fingerprint density at radius 3 is 2.62 bits per heavy atom. The molecule has 0 radical (unpaired) electrons. The van der Waals surface area contributed by atoms with Crippen molar-refractivity contribution in [2.45, 2.75) is 77.0 Å². The highest BCUT2D eigenvalue weighted by molar-refractivity contribution is 5.13. The van der Waals surface area contributed by atoms with Crippen molar-refractivity contribution in [3.63, 3.8) is 0 Å². The van der Waals surface area contributed by atoms with Crippen molar-refractivity contribution in [3.8, 4) is 0 Å². The summed E-state index contributed by atoms with van der Waals surface area (Å²) in [5, 5.41) is 25.2. The Labute approximate surface area is 128 Å². The molecule has 1 heterocycles. The molecule has 3 saturated carbocycles. The monoisotopic (exact) mass is 293 g/mol. The molecule has 1 aliphatic heterocycles. The smallest absolute Gasteiger partial charge is 0.0597 e. The Morgan fingerprint density at radius 2 is 1.81 bits per heavy atom. The summed E-state index contributed by atoms with van der Waals surface area (Å²) in [5.74, 6) is 1.69. The van der Waals surface area contributed by atoms with E-state index in [1.807, 2.05) is 0 Å². The van der Waals surface area contributed by atoms with Crippen LogP contribution in [0.1, 0.15) is 58.8 Å². The number of nitrogens with one attached hydrogen (secondary N) is 1. The van der Waals surface area contributed by atoms with Crippen molar-refractivity contribution in [2.75, 3.05) is 6.54 Å². The summed E-state index contributed by atoms with van der Waals surface area (Å²) < 4.78 is 0. The van der Waals surface area contributed by atoms with Gasteiger partial charge in [-0.25, -0.2) is 0 Å². The topological polar surface area (TPSA) is 52.5 Å². The fourth-order valence-electron chi connectivity index (χ4n) is 7.00. The molecule has 120 valence electrons. The fourth-order valence-corrected chi connectivity index (χ4v) is 7.00. The van der Waals surface area contributed by atoms with Crippen LogP contribution in [-0.2, 0) is 0 Å². The van der Waals surface area contributed by atoms with Gasteiger partial charge in [-0.1, -0.05) is 13.8 Å². The molecule has 0 spiro atoms. The maximum absolute atomic E-state index is 11.0. The van der Waals surface area contributed by atoms with Gasteiger partial charge in [0, 0.05) is 6.04 Å². The van der Waals surface area contributed by atoms with E-state index in [9.17, 15) is 10.2 Å². The lowest BCUT2D eigenvalue weighted by atomic mass is 9.46. The third-order valence-corrected chi connectivity index (χ3v) is 8.03. The van der Waals surface area contributed by atoms with E-state index in [2.05, 4.69) is 19.2 Å². The summed E-state index contributed by atoms with van der Waals surface area (Å²) in [6.45, 7) is 5.81. The largest absolute Gasteiger partial charge is 0.393 e. The third-order valence-electron chi connectivity index (χ3n) is 8.03. The molecule has 0 amide bonds. The Bertz CT molecular complexity index is 427. The summed E-state index contributed by atoms with van der Waals surface area (Å²) in [4.78, 5) is 0. The molecule has 6 unspecified atom stereocenters. The van der Waals surface area contributed by atoms with Crippen molar-refractivity contribution >= 4 is 0 Å². The molecule has 4 rings (SSSR count). The quantitative estimate of drug-likeness (QED) is 0.642. The summed E-state index contributed by atoms with van der Waals surface area (Å²) >= 11 is 0. The second-order valence-electron chi connectivity index (χ2n) is 8.86. The van der Waals surface area contributed by atoms with Gasteiger partial charge in [0.1, 0.15) is 0 Å². The minimum atomic E-state index is -0.225. The summed E-state index contributed by atoms with van der Waals surface area (Å²) in [7, 11) is 0. The van der Waals surface area contributed by atoms with Gasteiger partial charge in [-0.3, -0.25) is 0 Å². The average Bonchev–Trinajstić information content (AvgIpc) is 2.73. The average molecular weight is 293 g/mol. The predicted molar refractivity (Wildman–Crippen MR) is 82.8 cm³/mol. The number of rotatable bonds is 0. The van der Waals surface area contributed by atoms with Gasteiger partial charge in [0.05, 0.1) is 12.2 Å². The van der Waals surface area contributed by atoms with Crippen molar-refractivity contribution in [1.82, 2.24) is 5.32 Å². The molecule has 0 aromatic rings. The third kappa shape index (κ3) is 1.83. The van der Waals surface area contributed by atoms with Crippen LogP contribution in [0, 0.1) is 28.6 Å². The van der Waals surface area contributed by atoms with Crippen molar-refractivity contribution in [1.29, 1.82) is 0 Å². The molecule has 0 aromatic carbocycles. The van der Waals surface area contributed by atoms with Crippen molar-refractivity contribution in [2.24, 2.45) is 28.6 Å². The second-order valence-corrected chi connectivity index (χ2v) is 8.86. The van der Waals surface area contributed by atoms with Gasteiger partial charge >= 0.3 is 0 Å². The van der Waals surface area contributed by atoms with Crippen molar-refractivity contribution in [3.05, 3.63) is 0 Å². The van der Waals surface area contributed by atoms with Crippen LogP contribution in [0.15, 0.2) is 0 Å². The number of fused-ring (bicyclic) bond motifs is 5. The van der Waals surface area contributed by atoms with E-state index in [4.69, 9.17) is 0 Å². The minimum Gasteiger partial charge on any atom is -0.393 e. The Hall–Kier alpha value is -0.120. The SMILES string of the molecule is CC12CCCNC1CCC1C2[C@@H](O)CC2(C)C1CC[C@@H]2O. The molecule has 3 N–H and O–H groups in total. The highest BCUT2D eigenvalue weighted by atomic mass is 16.3. The van der Waals surface area contributed by atoms with Crippen LogP contribution in [0.4, 0.5) is 0 Å². The highest BCUT2D eigenvalue weighted by Gasteiger charge is 2.62. The normalized spacial score (nSPS) is 60.0. The molecule has 3 heteroatoms. The summed E-state index contributed by atoms with van der Waals surface area (Å²) in [6.07, 6.45) is 7.49. The Morgan fingerprint density at radius 1 is 1.00 bits per heavy atom. The van der Waals surface area contributed by atoms with Crippen LogP contribution < -0.4 is 5.32 Å². The van der Waals surface area contributed by atoms with Gasteiger partial charge in [-0.05, 0) is 80.1 Å². The molecule has 4 aliphatic rings. The van der Waals surface area contributed by atoms with Crippen LogP contribution in [0.5, 0.6) is 0 Å². The van der Waals surface area contributed by atoms with E-state index in [1.54, 1.807) is 0 Å². The lowest BCUT2D eigenvalue weighted by molar-refractivity contribution is -0.164. The number of hydrogen-bond donors (Lipinski definition) is 3. The molecule has 0 aromatic heterocycles. The zero-order valence-corrected chi connectivity index (χ0v) is 13.5. The first kappa shape index (κ1) is 14.5. The van der Waals surface area contributed by atoms with E-state index in [-0.39, 0.29) is 23.0 Å². The van der Waals surface area contributed by atoms with Crippen molar-refractivity contribution < 1.29 is 10.2 Å². The zero-order chi connectivity index (χ0) is 14.8. The number of aliphatic hydroxyl groups is 2. The van der Waals surface area contributed by atoms with E-state index in [0.29, 0.717) is 23.8 Å². The standard InChI is InChI=1S/C18H31NO2/c1-17-8-3-9-19-14(17)6-4-11-12-5-7-15(21)18(12,2)10-13(20)16(11)17/h11-16,19-21H,3-10H2,1-2H3/t11?,12?,13-,14?,15-,16?,17?,18?/m0/s1. The molecule has 21 heavy (non-hydrogen) atoms. The van der Waals surface area contributed by atoms with E-state index >= 15 is 0 Å². The lowest BCUT2D eigenvalue weighted by Crippen LogP contribution is -2.63. The molecule has 1 saturated heterocycles. The Kier molecular flexibility index (Phi) is 3.23. The van der Waals surface area contributed by atoms with Crippen LogP contribution in [0.2, 0.25) is 0 Å². The number of aliphatic hydroxyl groups excluding tert-OH is 2. The molecule has 4 fully saturated rings. The summed E-state index contributed by atoms with van der Waals surface area (Å²) in [5.41, 5.74) is 0.224. The fraction of sp³-hybridized carbons (Fsp3) is 1.00. The first-order chi connectivity index (χ1) is 9.97. The molecular formula is C18H31NO2. The molecule has 3 aliphatic carbocycles. The van der Waals surface area contributed by atoms with Gasteiger partial charge in [-0.15, -0.1) is 0 Å². The maximum atomic E-state index is 11.0. The van der Waals surface area contributed by atoms with E-state index < -0.39 is 0 Å². The van der Waals surface area contributed by atoms with Crippen LogP contribution in [0.3, 0.4) is 0 Å². The summed E-state index contributed by atoms with van der Waals surface area (Å²) in [6, 6.07) is 0.595. The molecule has 8 atom stereocenters. The maximum Gasteiger partial charge on any atom is 0.0597 e. The van der Waals surface area contributed by atoms with E-state index in [1.165, 1.54) is 32.1 Å². The van der Waals surface area contributed by atoms with Gasteiger partial charge < -0.3 is 15.5 Å². The first-order valence-corrected chi connectivity index (χ1v) is 9.06. The zero-order valence-electron chi connectivity index (χ0n) is 13.5. The van der Waals surface area contributed by atoms with Gasteiger partial charge in [-0.2, -0.15) is 0 Å². The van der Waals surface area contributed by atoms with E-state index in [0.717, 1.165) is 19.4 Å². The second kappa shape index (κ2) is 4.69. The van der Waals surface area contributed by atoms with Crippen LogP contribution >= 0.6 is 0 Å². The van der Waals surface area contributed by atoms with Gasteiger partial charge in [0.15, 0.2) is 0 Å². The molecule has 0 bridgehead atoms. The molecule has 3 nitrogen and oxygen atoms in total. The lowest BCUT2D eigenvalue weighted by Gasteiger charge is -2.61. The Balaban J connectivity index is 1.70. The number of piperidine rings is 1. The molecular weight excluding hydrogens is 262 g/mol. The first-order valence-electron chi connectivity index (χ1n) is 9.06. The van der Waals surface area contributed by atoms with Gasteiger partial charge in [0.2, 0.25) is 0 Å². The van der Waals surface area contributed by atoms with Crippen LogP contribution in [0.25, 0.3) is 0 Å². The van der Waals surface area contributed by atoms with Gasteiger partial charge in [0.25, 0.3) is 0 Å². The predicted octanol–water partition coefficient (Wildman–Crippen LogP) is 2.31. The minimum absolute atomic E-state index is 0.0358.